The van der Waals surface area contributed by atoms with E-state index in [1.54, 1.807) is 12.1 Å². The number of carboxylic acid groups (broad SMARTS) is 1. The van der Waals surface area contributed by atoms with Gasteiger partial charge in [-0.05, 0) is 24.0 Å². The second kappa shape index (κ2) is 6.33. The van der Waals surface area contributed by atoms with Crippen LogP contribution >= 0.6 is 0 Å². The predicted octanol–water partition coefficient (Wildman–Crippen LogP) is -1.16. The van der Waals surface area contributed by atoms with Gasteiger partial charge in [0.1, 0.15) is 17.4 Å². The van der Waals surface area contributed by atoms with Crippen LogP contribution in [0.3, 0.4) is 0 Å². The first-order valence-electron chi connectivity index (χ1n) is 9.86. The lowest BCUT2D eigenvalue weighted by Crippen LogP contribution is -2.58. The number of benzene rings is 1. The minimum Gasteiger partial charge on any atom is -0.669 e. The number of carbonyl (C=O) groups is 2. The number of nitrogens with two attached hydrogens (primary N) is 1. The van der Waals surface area contributed by atoms with Crippen LogP contribution in [-0.4, -0.2) is 76.5 Å². The molecule has 6 N–H and O–H groups in total. The molecule has 3 aliphatic heterocycles. The fourth-order valence-electron chi connectivity index (χ4n) is 4.85. The first-order chi connectivity index (χ1) is 13.7. The molecule has 1 saturated carbocycles. The number of aromatic carboxylic acids is 1. The van der Waals surface area contributed by atoms with Crippen molar-refractivity contribution < 1.29 is 34.1 Å². The first-order valence-corrected chi connectivity index (χ1v) is 9.86. The Morgan fingerprint density at radius 3 is 2.69 bits per heavy atom. The number of fused-ring (bicyclic) bond motifs is 3. The van der Waals surface area contributed by atoms with E-state index in [0.717, 1.165) is 0 Å². The molecule has 3 fully saturated rings. The van der Waals surface area contributed by atoms with Crippen LogP contribution in [0.25, 0.3) is 0 Å². The molecule has 29 heavy (non-hydrogen) atoms. The highest BCUT2D eigenvalue weighted by molar-refractivity contribution is 6.62. The average molecular weight is 404 g/mol. The topological polar surface area (TPSA) is 155 Å². The number of nitrogens with one attached hydrogen (secondary N) is 1. The molecule has 1 amide bonds. The van der Waals surface area contributed by atoms with Crippen LogP contribution in [-0.2, 0) is 4.79 Å². The molecule has 0 spiro atoms. The van der Waals surface area contributed by atoms with Gasteiger partial charge in [0.2, 0.25) is 5.91 Å². The maximum Gasteiger partial charge on any atom is 0.434 e. The zero-order valence-corrected chi connectivity index (χ0v) is 15.7. The molecule has 11 heteroatoms. The number of hydrogen-bond donors (Lipinski definition) is 5. The predicted molar refractivity (Wildman–Crippen MR) is 101 cm³/mol. The number of rotatable bonds is 5. The third-order valence-electron chi connectivity index (χ3n) is 6.59. The van der Waals surface area contributed by atoms with Crippen LogP contribution in [0.5, 0.6) is 11.5 Å². The molecule has 10 nitrogen and oxygen atoms in total. The Bertz CT molecular complexity index is 888. The van der Waals surface area contributed by atoms with Crippen LogP contribution in [0.1, 0.15) is 34.7 Å². The SMILES string of the molecule is NC(=O)[C@@H]1C[C@H](N2CC(Oc3ccc4c(c3C(=O)O)O[B-](O)(O)[C@H]3C[C@@H]43)C2)CN1. The molecule has 1 aromatic carbocycles. The van der Waals surface area contributed by atoms with Crippen LogP contribution in [0.2, 0.25) is 5.82 Å². The lowest BCUT2D eigenvalue weighted by molar-refractivity contribution is -0.119. The summed E-state index contributed by atoms with van der Waals surface area (Å²) in [5.41, 5.74) is 5.85. The minimum absolute atomic E-state index is 0.000720. The summed E-state index contributed by atoms with van der Waals surface area (Å²) in [5.74, 6) is -1.90. The van der Waals surface area contributed by atoms with Gasteiger partial charge < -0.3 is 35.6 Å². The summed E-state index contributed by atoms with van der Waals surface area (Å²) in [6.07, 6.45) is 1.02. The molecule has 0 radical (unpaired) electrons. The molecule has 4 atom stereocenters. The van der Waals surface area contributed by atoms with Crippen LogP contribution in [0.15, 0.2) is 12.1 Å². The first kappa shape index (κ1) is 18.7. The number of nitrogens with zero attached hydrogens (tertiary/aromatic N) is 1. The Labute approximate surface area is 166 Å². The van der Waals surface area contributed by atoms with Crippen molar-refractivity contribution >= 4 is 18.6 Å². The molecular weight excluding hydrogens is 381 g/mol. The molecule has 1 aromatic rings. The lowest BCUT2D eigenvalue weighted by atomic mass is 9.68. The maximum atomic E-state index is 11.9. The second-order valence-electron chi connectivity index (χ2n) is 8.49. The van der Waals surface area contributed by atoms with Crippen molar-refractivity contribution in [2.45, 2.75) is 42.8 Å². The summed E-state index contributed by atoms with van der Waals surface area (Å²) in [4.78, 5) is 25.4. The molecule has 0 aromatic heterocycles. The Kier molecular flexibility index (Phi) is 4.08. The highest BCUT2D eigenvalue weighted by Gasteiger charge is 2.55. The van der Waals surface area contributed by atoms with E-state index in [1.807, 2.05) is 0 Å². The van der Waals surface area contributed by atoms with Gasteiger partial charge in [-0.1, -0.05) is 18.3 Å². The molecule has 5 rings (SSSR count). The smallest absolute Gasteiger partial charge is 0.434 e. The quantitative estimate of drug-likeness (QED) is 0.382. The van der Waals surface area contributed by atoms with Gasteiger partial charge >= 0.3 is 12.7 Å². The third-order valence-corrected chi connectivity index (χ3v) is 6.59. The normalized spacial score (nSPS) is 32.5. The highest BCUT2D eigenvalue weighted by Crippen LogP contribution is 2.63. The van der Waals surface area contributed by atoms with Gasteiger partial charge in [-0.2, -0.15) is 0 Å². The lowest BCUT2D eigenvalue weighted by Gasteiger charge is -2.43. The Balaban J connectivity index is 1.30. The number of carboxylic acids is 1. The van der Waals surface area contributed by atoms with E-state index < -0.39 is 12.7 Å². The van der Waals surface area contributed by atoms with E-state index in [1.165, 1.54) is 0 Å². The van der Waals surface area contributed by atoms with Crippen molar-refractivity contribution in [3.63, 3.8) is 0 Å². The molecule has 0 bridgehead atoms. The molecule has 3 heterocycles. The highest BCUT2D eigenvalue weighted by atomic mass is 16.6. The molecule has 0 unspecified atom stereocenters. The summed E-state index contributed by atoms with van der Waals surface area (Å²) in [6.45, 7) is -1.18. The van der Waals surface area contributed by atoms with E-state index in [2.05, 4.69) is 10.2 Å². The van der Waals surface area contributed by atoms with Gasteiger partial charge in [-0.25, -0.2) is 4.79 Å². The van der Waals surface area contributed by atoms with E-state index >= 15 is 0 Å². The van der Waals surface area contributed by atoms with Gasteiger partial charge in [0, 0.05) is 25.7 Å². The summed E-state index contributed by atoms with van der Waals surface area (Å²) >= 11 is 0. The largest absolute Gasteiger partial charge is 0.669 e. The summed E-state index contributed by atoms with van der Waals surface area (Å²) < 4.78 is 11.2. The number of ether oxygens (including phenoxy) is 1. The summed E-state index contributed by atoms with van der Waals surface area (Å²) in [5, 5.41) is 33.0. The average Bonchev–Trinajstić information content (AvgIpc) is 3.28. The van der Waals surface area contributed by atoms with E-state index in [4.69, 9.17) is 15.1 Å². The summed E-state index contributed by atoms with van der Waals surface area (Å²) in [7, 11) is 0. The van der Waals surface area contributed by atoms with Crippen LogP contribution in [0, 0.1) is 0 Å². The van der Waals surface area contributed by atoms with E-state index in [0.29, 0.717) is 38.0 Å². The molecule has 2 saturated heterocycles. The molecule has 4 aliphatic rings. The molecule has 156 valence electrons. The number of primary amides is 1. The Morgan fingerprint density at radius 1 is 1.28 bits per heavy atom. The zero-order valence-electron chi connectivity index (χ0n) is 15.7. The van der Waals surface area contributed by atoms with Gasteiger partial charge in [0.15, 0.2) is 0 Å². The fourth-order valence-corrected chi connectivity index (χ4v) is 4.85. The minimum atomic E-state index is -3.06. The summed E-state index contributed by atoms with van der Waals surface area (Å²) in [6, 6.07) is 3.25. The van der Waals surface area contributed by atoms with Crippen molar-refractivity contribution in [2.75, 3.05) is 19.6 Å². The van der Waals surface area contributed by atoms with Crippen molar-refractivity contribution in [1.29, 1.82) is 0 Å². The van der Waals surface area contributed by atoms with Crippen molar-refractivity contribution in [3.05, 3.63) is 23.3 Å². The molecule has 1 aliphatic carbocycles. The monoisotopic (exact) mass is 404 g/mol. The maximum absolute atomic E-state index is 11.9. The van der Waals surface area contributed by atoms with Crippen molar-refractivity contribution in [3.8, 4) is 11.5 Å². The Morgan fingerprint density at radius 2 is 2.03 bits per heavy atom. The Hall–Kier alpha value is -2.34. The van der Waals surface area contributed by atoms with E-state index in [-0.39, 0.29) is 52.9 Å². The van der Waals surface area contributed by atoms with E-state index in [9.17, 15) is 24.7 Å². The van der Waals surface area contributed by atoms with Crippen LogP contribution < -0.4 is 20.4 Å². The molecular formula is C18H23BN3O7-. The van der Waals surface area contributed by atoms with Gasteiger partial charge in [-0.15, -0.1) is 0 Å². The zero-order chi connectivity index (χ0) is 20.5. The van der Waals surface area contributed by atoms with Gasteiger partial charge in [0.25, 0.3) is 0 Å². The second-order valence-corrected chi connectivity index (χ2v) is 8.49. The van der Waals surface area contributed by atoms with Crippen molar-refractivity contribution in [2.24, 2.45) is 5.73 Å². The number of amides is 1. The number of hydrogen-bond acceptors (Lipinski definition) is 8. The number of likely N-dealkylation sites (tertiary alicyclic amines) is 1. The third kappa shape index (κ3) is 3.05. The van der Waals surface area contributed by atoms with Gasteiger partial charge in [-0.3, -0.25) is 9.69 Å². The van der Waals surface area contributed by atoms with Gasteiger partial charge in [0.05, 0.1) is 11.8 Å². The van der Waals surface area contributed by atoms with Crippen molar-refractivity contribution in [1.82, 2.24) is 10.2 Å². The fraction of sp³-hybridized carbons (Fsp3) is 0.556. The standard InChI is InChI=1S/C18H23BN3O7/c20-17(23)13-3-8(5-21-13)22-6-9(7-22)28-14-2-1-10-11-4-12(11)19(26,27)29-16(10)15(14)18(24)25/h1-2,8-9,11-13,21,26-27H,3-7H2,(H2,20,23)(H,24,25)/q-1/t8-,11-,12-,13-/m0/s1. The number of carbonyl (C=O) groups excluding carboxylic acids is 1. The van der Waals surface area contributed by atoms with Crippen LogP contribution in [0.4, 0.5) is 0 Å².